The molecule has 1 amide bonds. The second-order valence-corrected chi connectivity index (χ2v) is 8.16. The summed E-state index contributed by atoms with van der Waals surface area (Å²) < 4.78 is 22.7. The van der Waals surface area contributed by atoms with Crippen molar-refractivity contribution in [2.45, 2.75) is 45.6 Å². The highest BCUT2D eigenvalue weighted by atomic mass is 127. The molecule has 1 fully saturated rings. The first-order valence-corrected chi connectivity index (χ1v) is 10.2. The van der Waals surface area contributed by atoms with E-state index in [-0.39, 0.29) is 53.9 Å². The first kappa shape index (κ1) is 23.4. The van der Waals surface area contributed by atoms with Crippen LogP contribution in [-0.2, 0) is 14.6 Å². The molecule has 1 saturated heterocycles. The summed E-state index contributed by atoms with van der Waals surface area (Å²) in [7, 11) is -0.975. The lowest BCUT2D eigenvalue weighted by Crippen LogP contribution is -2.40. The molecule has 0 aliphatic carbocycles. The van der Waals surface area contributed by atoms with Gasteiger partial charge in [-0.3, -0.25) is 9.79 Å². The summed E-state index contributed by atoms with van der Waals surface area (Å²) in [6.45, 7) is 6.25. The zero-order valence-corrected chi connectivity index (χ0v) is 18.0. The largest absolute Gasteiger partial charge is 0.357 e. The van der Waals surface area contributed by atoms with Crippen LogP contribution >= 0.6 is 24.0 Å². The third-order valence-electron chi connectivity index (χ3n) is 3.74. The van der Waals surface area contributed by atoms with Crippen LogP contribution in [0.2, 0.25) is 0 Å². The molecule has 0 aromatic carbocycles. The molecule has 7 nitrogen and oxygen atoms in total. The molecular formula is C15H31IN4O3S. The van der Waals surface area contributed by atoms with Crippen molar-refractivity contribution in [1.29, 1.82) is 0 Å². The fraction of sp³-hybridized carbons (Fsp3) is 0.867. The third-order valence-corrected chi connectivity index (χ3v) is 5.51. The number of sulfone groups is 1. The van der Waals surface area contributed by atoms with E-state index in [0.29, 0.717) is 13.0 Å². The van der Waals surface area contributed by atoms with E-state index in [2.05, 4.69) is 27.4 Å². The van der Waals surface area contributed by atoms with Crippen LogP contribution in [0.5, 0.6) is 0 Å². The average Bonchev–Trinajstić information content (AvgIpc) is 2.82. The summed E-state index contributed by atoms with van der Waals surface area (Å²) in [6.07, 6.45) is 3.00. The molecule has 0 aromatic rings. The monoisotopic (exact) mass is 474 g/mol. The molecule has 24 heavy (non-hydrogen) atoms. The van der Waals surface area contributed by atoms with E-state index in [0.717, 1.165) is 31.9 Å². The summed E-state index contributed by atoms with van der Waals surface area (Å²) in [5.41, 5.74) is 0. The van der Waals surface area contributed by atoms with Gasteiger partial charge in [-0.05, 0) is 19.8 Å². The van der Waals surface area contributed by atoms with E-state index in [4.69, 9.17) is 0 Å². The summed E-state index contributed by atoms with van der Waals surface area (Å²) >= 11 is 0. The maximum atomic E-state index is 11.9. The predicted molar refractivity (Wildman–Crippen MR) is 109 cm³/mol. The zero-order valence-electron chi connectivity index (χ0n) is 14.9. The number of halogens is 1. The molecule has 1 rings (SSSR count). The number of carbonyl (C=O) groups is 1. The van der Waals surface area contributed by atoms with Crippen LogP contribution in [0.4, 0.5) is 0 Å². The first-order chi connectivity index (χ1) is 10.9. The van der Waals surface area contributed by atoms with Crippen molar-refractivity contribution in [1.82, 2.24) is 15.5 Å². The van der Waals surface area contributed by atoms with Gasteiger partial charge < -0.3 is 15.5 Å². The molecule has 1 unspecified atom stereocenters. The molecule has 2 N–H and O–H groups in total. The molecule has 142 valence electrons. The van der Waals surface area contributed by atoms with E-state index < -0.39 is 9.84 Å². The minimum Gasteiger partial charge on any atom is -0.357 e. The first-order valence-electron chi connectivity index (χ1n) is 8.37. The Morgan fingerprint density at radius 2 is 2.04 bits per heavy atom. The summed E-state index contributed by atoms with van der Waals surface area (Å²) in [5, 5.41) is 6.00. The van der Waals surface area contributed by atoms with Crippen LogP contribution in [0.1, 0.15) is 39.5 Å². The minimum atomic E-state index is -2.96. The highest BCUT2D eigenvalue weighted by Crippen LogP contribution is 2.11. The number of hydrogen-bond acceptors (Lipinski definition) is 4. The highest BCUT2D eigenvalue weighted by Gasteiger charge is 2.28. The Morgan fingerprint density at radius 1 is 1.33 bits per heavy atom. The smallest absolute Gasteiger partial charge is 0.222 e. The quantitative estimate of drug-likeness (QED) is 0.311. The van der Waals surface area contributed by atoms with E-state index in [1.165, 1.54) is 0 Å². The number of carbonyl (C=O) groups excluding carboxylic acids is 1. The lowest BCUT2D eigenvalue weighted by Gasteiger charge is -2.21. The van der Waals surface area contributed by atoms with Gasteiger partial charge in [0, 0.05) is 32.6 Å². The van der Waals surface area contributed by atoms with Crippen LogP contribution in [-0.4, -0.2) is 69.4 Å². The minimum absolute atomic E-state index is 0. The average molecular weight is 474 g/mol. The van der Waals surface area contributed by atoms with E-state index >= 15 is 0 Å². The number of unbranched alkanes of at least 4 members (excludes halogenated alkanes) is 1. The van der Waals surface area contributed by atoms with Crippen LogP contribution in [0.3, 0.4) is 0 Å². The molecule has 0 spiro atoms. The fourth-order valence-corrected chi connectivity index (χ4v) is 4.12. The van der Waals surface area contributed by atoms with Gasteiger partial charge in [-0.2, -0.15) is 0 Å². The van der Waals surface area contributed by atoms with E-state index in [9.17, 15) is 13.2 Å². The Morgan fingerprint density at radius 3 is 2.58 bits per heavy atom. The molecule has 0 aromatic heterocycles. The Kier molecular flexibility index (Phi) is 11.6. The molecule has 1 aliphatic rings. The molecule has 0 bridgehead atoms. The number of rotatable bonds is 8. The number of guanidine groups is 1. The molecule has 1 heterocycles. The van der Waals surface area contributed by atoms with Crippen LogP contribution in [0.15, 0.2) is 4.99 Å². The van der Waals surface area contributed by atoms with Gasteiger partial charge in [-0.25, -0.2) is 8.42 Å². The van der Waals surface area contributed by atoms with Crippen molar-refractivity contribution in [2.75, 3.05) is 38.2 Å². The molecule has 1 atom stereocenters. The van der Waals surface area contributed by atoms with E-state index in [1.54, 1.807) is 0 Å². The van der Waals surface area contributed by atoms with Gasteiger partial charge in [0.25, 0.3) is 0 Å². The Bertz CT molecular complexity index is 511. The maximum absolute atomic E-state index is 11.9. The second-order valence-electron chi connectivity index (χ2n) is 5.93. The topological polar surface area (TPSA) is 90.9 Å². The Hall–Kier alpha value is -0.580. The zero-order chi connectivity index (χ0) is 17.3. The van der Waals surface area contributed by atoms with Crippen LogP contribution in [0.25, 0.3) is 0 Å². The van der Waals surface area contributed by atoms with Gasteiger partial charge in [-0.1, -0.05) is 13.3 Å². The normalized spacial score (nSPS) is 19.5. The summed E-state index contributed by atoms with van der Waals surface area (Å²) in [5.74, 6) is 0.896. The van der Waals surface area contributed by atoms with Gasteiger partial charge in [-0.15, -0.1) is 24.0 Å². The fourth-order valence-electron chi connectivity index (χ4n) is 2.44. The third kappa shape index (κ3) is 9.05. The predicted octanol–water partition coefficient (Wildman–Crippen LogP) is 0.995. The molecule has 0 saturated carbocycles. The van der Waals surface area contributed by atoms with Gasteiger partial charge >= 0.3 is 0 Å². The van der Waals surface area contributed by atoms with Crippen molar-refractivity contribution < 1.29 is 13.2 Å². The standard InChI is InChI=1S/C15H30N4O3S.HI/c1-4-6-10-19(3)15(16-5-2)17-9-7-14(20)18-13-8-11-23(21,22)12-13;/h13H,4-12H2,1-3H3,(H,16,17)(H,18,20);1H. The van der Waals surface area contributed by atoms with Crippen molar-refractivity contribution in [3.8, 4) is 0 Å². The van der Waals surface area contributed by atoms with E-state index in [1.807, 2.05) is 14.0 Å². The van der Waals surface area contributed by atoms with Gasteiger partial charge in [0.1, 0.15) is 0 Å². The van der Waals surface area contributed by atoms with Gasteiger partial charge in [0.15, 0.2) is 15.8 Å². The SMILES string of the molecule is CCCCN(C)C(=NCCC(=O)NC1CCS(=O)(=O)C1)NCC.I. The summed E-state index contributed by atoms with van der Waals surface area (Å²) in [4.78, 5) is 18.4. The second kappa shape index (κ2) is 11.9. The lowest BCUT2D eigenvalue weighted by molar-refractivity contribution is -0.121. The lowest BCUT2D eigenvalue weighted by atomic mass is 10.2. The van der Waals surface area contributed by atoms with Crippen molar-refractivity contribution in [3.05, 3.63) is 0 Å². The number of nitrogens with zero attached hydrogens (tertiary/aromatic N) is 2. The summed E-state index contributed by atoms with van der Waals surface area (Å²) in [6, 6.07) is -0.239. The maximum Gasteiger partial charge on any atom is 0.222 e. The van der Waals surface area contributed by atoms with Crippen molar-refractivity contribution in [3.63, 3.8) is 0 Å². The van der Waals surface area contributed by atoms with Crippen LogP contribution in [0, 0.1) is 0 Å². The van der Waals surface area contributed by atoms with Crippen LogP contribution < -0.4 is 10.6 Å². The molecule has 1 aliphatic heterocycles. The number of amides is 1. The van der Waals surface area contributed by atoms with Crippen molar-refractivity contribution >= 4 is 45.7 Å². The van der Waals surface area contributed by atoms with Crippen molar-refractivity contribution in [2.24, 2.45) is 4.99 Å². The Balaban J connectivity index is 0.00000529. The van der Waals surface area contributed by atoms with Gasteiger partial charge in [0.05, 0.1) is 18.1 Å². The molecule has 9 heteroatoms. The molecular weight excluding hydrogens is 443 g/mol. The number of nitrogens with one attached hydrogen (secondary N) is 2. The Labute approximate surface area is 163 Å². The number of aliphatic imine (C=N–C) groups is 1. The number of hydrogen-bond donors (Lipinski definition) is 2. The highest BCUT2D eigenvalue weighted by molar-refractivity contribution is 14.0. The molecule has 0 radical (unpaired) electrons. The van der Waals surface area contributed by atoms with Gasteiger partial charge in [0.2, 0.25) is 5.91 Å².